The maximum Gasteiger partial charge on any atom is 0.305 e. The van der Waals surface area contributed by atoms with Gasteiger partial charge in [0.1, 0.15) is 0 Å². The highest BCUT2D eigenvalue weighted by Crippen LogP contribution is 2.21. The van der Waals surface area contributed by atoms with Crippen LogP contribution >= 0.6 is 0 Å². The van der Waals surface area contributed by atoms with Crippen molar-refractivity contribution in [2.45, 2.75) is 12.5 Å². The number of para-hydroxylation sites is 1. The molecular formula is C12H13N3O2. The number of rotatable bonds is 4. The summed E-state index contributed by atoms with van der Waals surface area (Å²) in [6.07, 6.45) is 3.37. The molecule has 0 radical (unpaired) electrons. The molecule has 1 unspecified atom stereocenters. The lowest BCUT2D eigenvalue weighted by Gasteiger charge is -2.14. The second kappa shape index (κ2) is 4.80. The van der Waals surface area contributed by atoms with E-state index in [4.69, 9.17) is 10.8 Å². The van der Waals surface area contributed by atoms with Gasteiger partial charge in [-0.1, -0.05) is 18.2 Å². The molecule has 2 aromatic rings. The van der Waals surface area contributed by atoms with Gasteiger partial charge in [-0.25, -0.2) is 4.68 Å². The summed E-state index contributed by atoms with van der Waals surface area (Å²) in [6.45, 7) is 0. The molecule has 3 N–H and O–H groups in total. The van der Waals surface area contributed by atoms with Crippen LogP contribution in [0.5, 0.6) is 0 Å². The van der Waals surface area contributed by atoms with Gasteiger partial charge in [0.2, 0.25) is 0 Å². The zero-order valence-corrected chi connectivity index (χ0v) is 9.15. The standard InChI is InChI=1S/C12H13N3O2/c13-10(8-12(16)17)9-4-1-2-5-11(9)15-7-3-6-14-15/h1-7,10H,8,13H2,(H,16,17). The van der Waals surface area contributed by atoms with Crippen LogP contribution in [0.15, 0.2) is 42.7 Å². The monoisotopic (exact) mass is 231 g/mol. The van der Waals surface area contributed by atoms with E-state index in [1.165, 1.54) is 0 Å². The minimum atomic E-state index is -0.909. The van der Waals surface area contributed by atoms with Crippen LogP contribution in [0.2, 0.25) is 0 Å². The first-order valence-corrected chi connectivity index (χ1v) is 5.25. The quantitative estimate of drug-likeness (QED) is 0.832. The first kappa shape index (κ1) is 11.3. The van der Waals surface area contributed by atoms with Gasteiger partial charge < -0.3 is 10.8 Å². The number of aliphatic carboxylic acids is 1. The van der Waals surface area contributed by atoms with Gasteiger partial charge >= 0.3 is 5.97 Å². The molecule has 0 saturated carbocycles. The summed E-state index contributed by atoms with van der Waals surface area (Å²) in [5, 5.41) is 12.9. The summed E-state index contributed by atoms with van der Waals surface area (Å²) in [7, 11) is 0. The third-order valence-electron chi connectivity index (χ3n) is 2.48. The number of benzene rings is 1. The van der Waals surface area contributed by atoms with E-state index < -0.39 is 12.0 Å². The van der Waals surface area contributed by atoms with Crippen molar-refractivity contribution in [1.82, 2.24) is 9.78 Å². The van der Waals surface area contributed by atoms with Crippen LogP contribution in [0, 0.1) is 0 Å². The van der Waals surface area contributed by atoms with E-state index in [1.807, 2.05) is 24.3 Å². The van der Waals surface area contributed by atoms with Crippen LogP contribution < -0.4 is 5.73 Å². The molecule has 5 heteroatoms. The van der Waals surface area contributed by atoms with Crippen molar-refractivity contribution in [1.29, 1.82) is 0 Å². The molecule has 17 heavy (non-hydrogen) atoms. The Hall–Kier alpha value is -2.14. The van der Waals surface area contributed by atoms with Crippen LogP contribution in [0.3, 0.4) is 0 Å². The molecule has 2 rings (SSSR count). The molecule has 0 aliphatic carbocycles. The third-order valence-corrected chi connectivity index (χ3v) is 2.48. The van der Waals surface area contributed by atoms with Crippen LogP contribution in [-0.2, 0) is 4.79 Å². The number of hydrogen-bond acceptors (Lipinski definition) is 3. The fourth-order valence-corrected chi connectivity index (χ4v) is 1.72. The number of nitrogens with zero attached hydrogens (tertiary/aromatic N) is 2. The van der Waals surface area contributed by atoms with Crippen LogP contribution in [0.25, 0.3) is 5.69 Å². The van der Waals surface area contributed by atoms with Gasteiger partial charge in [0.15, 0.2) is 0 Å². The van der Waals surface area contributed by atoms with Gasteiger partial charge in [0.25, 0.3) is 0 Å². The molecule has 0 fully saturated rings. The van der Waals surface area contributed by atoms with Crippen molar-refractivity contribution in [3.05, 3.63) is 48.3 Å². The van der Waals surface area contributed by atoms with E-state index >= 15 is 0 Å². The van der Waals surface area contributed by atoms with Gasteiger partial charge in [-0.3, -0.25) is 4.79 Å². The highest BCUT2D eigenvalue weighted by atomic mass is 16.4. The molecule has 1 atom stereocenters. The largest absolute Gasteiger partial charge is 0.481 e. The molecule has 0 aliphatic rings. The Kier molecular flexibility index (Phi) is 3.20. The second-order valence-corrected chi connectivity index (χ2v) is 3.71. The van der Waals surface area contributed by atoms with Crippen LogP contribution in [0.4, 0.5) is 0 Å². The molecule has 1 aromatic carbocycles. The highest BCUT2D eigenvalue weighted by molar-refractivity contribution is 5.68. The number of carboxylic acids is 1. The molecule has 5 nitrogen and oxygen atoms in total. The van der Waals surface area contributed by atoms with Crippen molar-refractivity contribution >= 4 is 5.97 Å². The first-order chi connectivity index (χ1) is 8.18. The predicted octanol–water partition coefficient (Wildman–Crippen LogP) is 1.35. The fraction of sp³-hybridized carbons (Fsp3) is 0.167. The third kappa shape index (κ3) is 2.51. The summed E-state index contributed by atoms with van der Waals surface area (Å²) in [4.78, 5) is 10.7. The Morgan fingerprint density at radius 3 is 2.82 bits per heavy atom. The van der Waals surface area contributed by atoms with Gasteiger partial charge in [-0.05, 0) is 17.7 Å². The van der Waals surface area contributed by atoms with E-state index in [-0.39, 0.29) is 6.42 Å². The Morgan fingerprint density at radius 1 is 1.41 bits per heavy atom. The molecule has 0 saturated heterocycles. The molecule has 1 aromatic heterocycles. The van der Waals surface area contributed by atoms with Crippen molar-refractivity contribution < 1.29 is 9.90 Å². The fourth-order valence-electron chi connectivity index (χ4n) is 1.72. The Morgan fingerprint density at radius 2 is 2.18 bits per heavy atom. The molecule has 0 spiro atoms. The lowest BCUT2D eigenvalue weighted by molar-refractivity contribution is -0.137. The molecule has 1 heterocycles. The number of aromatic nitrogens is 2. The Labute approximate surface area is 98.5 Å². The van der Waals surface area contributed by atoms with E-state index in [0.717, 1.165) is 11.3 Å². The first-order valence-electron chi connectivity index (χ1n) is 5.25. The zero-order chi connectivity index (χ0) is 12.3. The van der Waals surface area contributed by atoms with Gasteiger partial charge in [-0.2, -0.15) is 5.10 Å². The molecule has 0 amide bonds. The topological polar surface area (TPSA) is 81.1 Å². The van der Waals surface area contributed by atoms with Crippen molar-refractivity contribution in [2.24, 2.45) is 5.73 Å². The van der Waals surface area contributed by atoms with E-state index in [2.05, 4.69) is 5.10 Å². The number of carboxylic acid groups (broad SMARTS) is 1. The summed E-state index contributed by atoms with van der Waals surface area (Å²) in [6, 6.07) is 8.67. The minimum absolute atomic E-state index is 0.0989. The molecular weight excluding hydrogens is 218 g/mol. The van der Waals surface area contributed by atoms with Crippen molar-refractivity contribution in [2.75, 3.05) is 0 Å². The van der Waals surface area contributed by atoms with Crippen molar-refractivity contribution in [3.8, 4) is 5.69 Å². The zero-order valence-electron chi connectivity index (χ0n) is 9.15. The van der Waals surface area contributed by atoms with Gasteiger partial charge in [0.05, 0.1) is 12.1 Å². The normalized spacial score (nSPS) is 12.3. The molecule has 88 valence electrons. The molecule has 0 aliphatic heterocycles. The average Bonchev–Trinajstić information content (AvgIpc) is 2.81. The van der Waals surface area contributed by atoms with E-state index in [0.29, 0.717) is 0 Å². The maximum atomic E-state index is 10.7. The second-order valence-electron chi connectivity index (χ2n) is 3.71. The smallest absolute Gasteiger partial charge is 0.305 e. The number of nitrogens with two attached hydrogens (primary N) is 1. The predicted molar refractivity (Wildman–Crippen MR) is 62.7 cm³/mol. The maximum absolute atomic E-state index is 10.7. The minimum Gasteiger partial charge on any atom is -0.481 e. The van der Waals surface area contributed by atoms with Crippen LogP contribution in [0.1, 0.15) is 18.0 Å². The highest BCUT2D eigenvalue weighted by Gasteiger charge is 2.15. The van der Waals surface area contributed by atoms with E-state index in [9.17, 15) is 4.79 Å². The summed E-state index contributed by atoms with van der Waals surface area (Å²) < 4.78 is 1.68. The Balaban J connectivity index is 2.37. The summed E-state index contributed by atoms with van der Waals surface area (Å²) in [5.41, 5.74) is 7.47. The molecule has 0 bridgehead atoms. The SMILES string of the molecule is NC(CC(=O)O)c1ccccc1-n1cccn1. The van der Waals surface area contributed by atoms with Gasteiger partial charge in [-0.15, -0.1) is 0 Å². The summed E-state index contributed by atoms with van der Waals surface area (Å²) in [5.74, 6) is -0.909. The van der Waals surface area contributed by atoms with Crippen molar-refractivity contribution in [3.63, 3.8) is 0 Å². The van der Waals surface area contributed by atoms with E-state index in [1.54, 1.807) is 23.1 Å². The lowest BCUT2D eigenvalue weighted by atomic mass is 10.0. The Bertz CT molecular complexity index is 508. The van der Waals surface area contributed by atoms with Gasteiger partial charge in [0, 0.05) is 18.4 Å². The average molecular weight is 231 g/mol. The lowest BCUT2D eigenvalue weighted by Crippen LogP contribution is -2.17. The summed E-state index contributed by atoms with van der Waals surface area (Å²) >= 11 is 0. The number of hydrogen-bond donors (Lipinski definition) is 2. The number of carbonyl (C=O) groups is 1. The van der Waals surface area contributed by atoms with Crippen LogP contribution in [-0.4, -0.2) is 20.9 Å².